The molecule has 0 aliphatic carbocycles. The van der Waals surface area contributed by atoms with Gasteiger partial charge in [-0.3, -0.25) is 9.59 Å². The van der Waals surface area contributed by atoms with Crippen LogP contribution in [0.5, 0.6) is 0 Å². The zero-order valence-corrected chi connectivity index (χ0v) is 11.3. The highest BCUT2D eigenvalue weighted by Gasteiger charge is 2.37. The molecule has 0 radical (unpaired) electrons. The smallest absolute Gasteiger partial charge is 0.252 e. The van der Waals surface area contributed by atoms with Gasteiger partial charge < -0.3 is 10.2 Å². The number of halogens is 1. The van der Waals surface area contributed by atoms with Crippen molar-refractivity contribution in [2.75, 3.05) is 11.4 Å². The second kappa shape index (κ2) is 4.64. The quantitative estimate of drug-likeness (QED) is 0.840. The molecule has 1 fully saturated rings. The predicted molar refractivity (Wildman–Crippen MR) is 70.3 cm³/mol. The largest absolute Gasteiger partial charge is 0.342 e. The number of anilines is 1. The number of rotatable bonds is 1. The van der Waals surface area contributed by atoms with Gasteiger partial charge in [-0.2, -0.15) is 0 Å². The fourth-order valence-electron chi connectivity index (χ4n) is 2.18. The van der Waals surface area contributed by atoms with Crippen LogP contribution in [0.15, 0.2) is 18.2 Å². The van der Waals surface area contributed by atoms with Crippen LogP contribution in [0.3, 0.4) is 0 Å². The second-order valence-electron chi connectivity index (χ2n) is 5.33. The first kappa shape index (κ1) is 13.5. The Hall–Kier alpha value is -1.91. The maximum Gasteiger partial charge on any atom is 0.252 e. The third kappa shape index (κ3) is 2.59. The maximum atomic E-state index is 13.9. The summed E-state index contributed by atoms with van der Waals surface area (Å²) in [7, 11) is 0. The van der Waals surface area contributed by atoms with Crippen LogP contribution in [0.1, 0.15) is 25.8 Å². The highest BCUT2D eigenvalue weighted by molar-refractivity contribution is 6.03. The lowest BCUT2D eigenvalue weighted by Gasteiger charge is -2.29. The van der Waals surface area contributed by atoms with Gasteiger partial charge in [0.15, 0.2) is 0 Å². The molecule has 4 nitrogen and oxygen atoms in total. The van der Waals surface area contributed by atoms with Gasteiger partial charge in [0.1, 0.15) is 11.4 Å². The topological polar surface area (TPSA) is 49.4 Å². The van der Waals surface area contributed by atoms with E-state index in [1.54, 1.807) is 26.0 Å². The van der Waals surface area contributed by atoms with E-state index in [-0.39, 0.29) is 30.5 Å². The molecule has 1 aromatic rings. The standard InChI is InChI=1S/C14H17FN2O2/c1-9-4-5-10(15)11(8-9)17-7-6-12(18)16-14(2,3)13(17)19/h4-5,8H,6-7H2,1-3H3,(H,16,18). The molecule has 0 saturated carbocycles. The normalized spacial score (nSPS) is 19.1. The lowest BCUT2D eigenvalue weighted by Crippen LogP contribution is -2.53. The summed E-state index contributed by atoms with van der Waals surface area (Å²) in [6.07, 6.45) is 0.169. The minimum Gasteiger partial charge on any atom is -0.342 e. The van der Waals surface area contributed by atoms with Crippen LogP contribution in [-0.2, 0) is 9.59 Å². The Morgan fingerprint density at radius 2 is 2.00 bits per heavy atom. The minimum atomic E-state index is -1.02. The van der Waals surface area contributed by atoms with Crippen LogP contribution in [0.2, 0.25) is 0 Å². The van der Waals surface area contributed by atoms with Crippen LogP contribution < -0.4 is 10.2 Å². The number of hydrogen-bond donors (Lipinski definition) is 1. The summed E-state index contributed by atoms with van der Waals surface area (Å²) in [4.78, 5) is 25.4. The van der Waals surface area contributed by atoms with Gasteiger partial charge in [0.25, 0.3) is 5.91 Å². The SMILES string of the molecule is Cc1ccc(F)c(N2CCC(=O)NC(C)(C)C2=O)c1. The molecule has 1 aliphatic rings. The molecule has 2 rings (SSSR count). The van der Waals surface area contributed by atoms with Crippen LogP contribution in [-0.4, -0.2) is 23.9 Å². The molecule has 0 spiro atoms. The van der Waals surface area contributed by atoms with E-state index >= 15 is 0 Å². The van der Waals surface area contributed by atoms with E-state index in [1.807, 2.05) is 6.92 Å². The molecule has 19 heavy (non-hydrogen) atoms. The Bertz CT molecular complexity index is 540. The summed E-state index contributed by atoms with van der Waals surface area (Å²) >= 11 is 0. The summed E-state index contributed by atoms with van der Waals surface area (Å²) in [5.41, 5.74) is 0.0733. The first-order valence-electron chi connectivity index (χ1n) is 6.20. The Kier molecular flexibility index (Phi) is 3.30. The molecular formula is C14H17FN2O2. The maximum absolute atomic E-state index is 13.9. The number of hydrogen-bond acceptors (Lipinski definition) is 2. The lowest BCUT2D eigenvalue weighted by atomic mass is 10.0. The zero-order chi connectivity index (χ0) is 14.2. The summed E-state index contributed by atoms with van der Waals surface area (Å²) in [6, 6.07) is 4.61. The van der Waals surface area contributed by atoms with Gasteiger partial charge in [-0.1, -0.05) is 6.07 Å². The molecule has 1 heterocycles. The van der Waals surface area contributed by atoms with Crippen molar-refractivity contribution in [2.45, 2.75) is 32.7 Å². The minimum absolute atomic E-state index is 0.169. The Morgan fingerprint density at radius 3 is 2.68 bits per heavy atom. The molecule has 102 valence electrons. The average molecular weight is 264 g/mol. The van der Waals surface area contributed by atoms with Gasteiger partial charge in [0.2, 0.25) is 5.91 Å². The molecule has 1 saturated heterocycles. The molecule has 0 unspecified atom stereocenters. The Morgan fingerprint density at radius 1 is 1.32 bits per heavy atom. The first-order valence-corrected chi connectivity index (χ1v) is 6.20. The van der Waals surface area contributed by atoms with Crippen molar-refractivity contribution in [2.24, 2.45) is 0 Å². The van der Waals surface area contributed by atoms with Crippen LogP contribution in [0.25, 0.3) is 0 Å². The van der Waals surface area contributed by atoms with Crippen molar-refractivity contribution >= 4 is 17.5 Å². The van der Waals surface area contributed by atoms with E-state index in [0.717, 1.165) is 5.56 Å². The second-order valence-corrected chi connectivity index (χ2v) is 5.33. The van der Waals surface area contributed by atoms with Crippen molar-refractivity contribution in [1.29, 1.82) is 0 Å². The van der Waals surface area contributed by atoms with E-state index in [4.69, 9.17) is 0 Å². The summed E-state index contributed by atoms with van der Waals surface area (Å²) in [5, 5.41) is 2.65. The highest BCUT2D eigenvalue weighted by Crippen LogP contribution is 2.25. The van der Waals surface area contributed by atoms with Gasteiger partial charge >= 0.3 is 0 Å². The van der Waals surface area contributed by atoms with E-state index in [2.05, 4.69) is 5.32 Å². The molecule has 0 bridgehead atoms. The van der Waals surface area contributed by atoms with Crippen molar-refractivity contribution in [3.8, 4) is 0 Å². The average Bonchev–Trinajstić information content (AvgIpc) is 2.41. The van der Waals surface area contributed by atoms with Crippen LogP contribution in [0.4, 0.5) is 10.1 Å². The Balaban J connectivity index is 2.45. The molecule has 1 aliphatic heterocycles. The van der Waals surface area contributed by atoms with E-state index in [9.17, 15) is 14.0 Å². The van der Waals surface area contributed by atoms with E-state index in [1.165, 1.54) is 11.0 Å². The fourth-order valence-corrected chi connectivity index (χ4v) is 2.18. The fraction of sp³-hybridized carbons (Fsp3) is 0.429. The van der Waals surface area contributed by atoms with Crippen molar-refractivity contribution in [3.05, 3.63) is 29.6 Å². The van der Waals surface area contributed by atoms with Crippen molar-refractivity contribution in [3.63, 3.8) is 0 Å². The molecule has 1 N–H and O–H groups in total. The highest BCUT2D eigenvalue weighted by atomic mass is 19.1. The van der Waals surface area contributed by atoms with Gasteiger partial charge in [-0.05, 0) is 38.5 Å². The van der Waals surface area contributed by atoms with Gasteiger partial charge in [0, 0.05) is 13.0 Å². The Labute approximate surface area is 111 Å². The third-order valence-electron chi connectivity index (χ3n) is 3.19. The third-order valence-corrected chi connectivity index (χ3v) is 3.19. The summed E-state index contributed by atoms with van der Waals surface area (Å²) < 4.78 is 13.9. The number of nitrogens with one attached hydrogen (secondary N) is 1. The molecule has 1 aromatic carbocycles. The molecule has 0 atom stereocenters. The summed E-state index contributed by atoms with van der Waals surface area (Å²) in [5.74, 6) is -0.958. The van der Waals surface area contributed by atoms with Crippen molar-refractivity contribution < 1.29 is 14.0 Å². The monoisotopic (exact) mass is 264 g/mol. The predicted octanol–water partition coefficient (Wildman–Crippen LogP) is 1.77. The lowest BCUT2D eigenvalue weighted by molar-refractivity contribution is -0.128. The first-order chi connectivity index (χ1) is 8.81. The van der Waals surface area contributed by atoms with E-state index < -0.39 is 11.4 Å². The molecule has 0 aromatic heterocycles. The molecule has 2 amide bonds. The van der Waals surface area contributed by atoms with Gasteiger partial charge in [-0.15, -0.1) is 0 Å². The van der Waals surface area contributed by atoms with E-state index in [0.29, 0.717) is 0 Å². The van der Waals surface area contributed by atoms with Crippen LogP contribution in [0, 0.1) is 12.7 Å². The summed E-state index contributed by atoms with van der Waals surface area (Å²) in [6.45, 7) is 5.27. The number of nitrogens with zero attached hydrogens (tertiary/aromatic N) is 1. The number of carbonyl (C=O) groups excluding carboxylic acids is 2. The molecular weight excluding hydrogens is 247 g/mol. The zero-order valence-electron chi connectivity index (χ0n) is 11.3. The number of amides is 2. The number of benzene rings is 1. The van der Waals surface area contributed by atoms with Crippen LogP contribution >= 0.6 is 0 Å². The number of aryl methyl sites for hydroxylation is 1. The van der Waals surface area contributed by atoms with Crippen molar-refractivity contribution in [1.82, 2.24) is 5.32 Å². The number of carbonyl (C=O) groups is 2. The molecule has 5 heteroatoms. The van der Waals surface area contributed by atoms with Gasteiger partial charge in [0.05, 0.1) is 5.69 Å². The van der Waals surface area contributed by atoms with Gasteiger partial charge in [-0.25, -0.2) is 4.39 Å².